The molecule has 1 atom stereocenters. The molecule has 0 saturated heterocycles. The number of aliphatic carboxylic acids is 1. The number of pyridine rings is 2. The van der Waals surface area contributed by atoms with Crippen molar-refractivity contribution >= 4 is 28.6 Å². The first kappa shape index (κ1) is 23.0. The van der Waals surface area contributed by atoms with Gasteiger partial charge in [-0.2, -0.15) is 0 Å². The first-order valence-electron chi connectivity index (χ1n) is 10.9. The Kier molecular flexibility index (Phi) is 6.50. The molecule has 35 heavy (non-hydrogen) atoms. The van der Waals surface area contributed by atoms with Crippen molar-refractivity contribution < 1.29 is 28.2 Å². The summed E-state index contributed by atoms with van der Waals surface area (Å²) in [6.45, 7) is 0.491. The van der Waals surface area contributed by atoms with Crippen LogP contribution in [0.1, 0.15) is 34.2 Å². The molecule has 0 spiro atoms. The zero-order valence-electron chi connectivity index (χ0n) is 18.4. The van der Waals surface area contributed by atoms with Crippen LogP contribution in [0.15, 0.2) is 60.8 Å². The summed E-state index contributed by atoms with van der Waals surface area (Å²) < 4.78 is 39.0. The lowest BCUT2D eigenvalue weighted by Gasteiger charge is -2.18. The van der Waals surface area contributed by atoms with Gasteiger partial charge in [0.25, 0.3) is 0 Å². The molecule has 0 bridgehead atoms. The number of nitrogens with zero attached hydrogens (tertiary/aromatic N) is 2. The molecule has 1 aliphatic rings. The maximum Gasteiger partial charge on any atom is 0.304 e. The Morgan fingerprint density at radius 1 is 1.14 bits per heavy atom. The summed E-state index contributed by atoms with van der Waals surface area (Å²) in [6, 6.07) is 14.8. The van der Waals surface area contributed by atoms with Gasteiger partial charge in [-0.05, 0) is 36.4 Å². The van der Waals surface area contributed by atoms with Gasteiger partial charge in [-0.15, -0.1) is 11.8 Å². The summed E-state index contributed by atoms with van der Waals surface area (Å²) in [5.41, 5.74) is 3.54. The van der Waals surface area contributed by atoms with Crippen LogP contribution in [0.2, 0.25) is 0 Å². The monoisotopic (exact) mass is 494 g/mol. The van der Waals surface area contributed by atoms with E-state index in [2.05, 4.69) is 9.97 Å². The number of hydrogen-bond acceptors (Lipinski definition) is 6. The quantitative estimate of drug-likeness (QED) is 0.354. The van der Waals surface area contributed by atoms with Crippen molar-refractivity contribution in [2.24, 2.45) is 0 Å². The number of benzene rings is 2. The highest BCUT2D eigenvalue weighted by atomic mass is 32.2. The standard InChI is InChI=1S/C26H20F2N2O4S/c27-20-10-15-3-4-17(30-22(15)12-21(20)28)14-33-18-5-6-23-19(11-18)26(35-9-7-24(31)32)25-16(13-34-23)2-1-8-29-25/h1-6,8,10-12,26H,7,9,13-14H2,(H,31,32). The van der Waals surface area contributed by atoms with E-state index in [-0.39, 0.29) is 18.3 Å². The maximum atomic E-state index is 13.6. The Balaban J connectivity index is 1.40. The molecule has 0 saturated carbocycles. The lowest BCUT2D eigenvalue weighted by Crippen LogP contribution is -2.05. The molecule has 4 aromatic rings. The van der Waals surface area contributed by atoms with E-state index in [4.69, 9.17) is 14.6 Å². The number of thioether (sulfide) groups is 1. The summed E-state index contributed by atoms with van der Waals surface area (Å²) in [6.07, 6.45) is 1.75. The fraction of sp³-hybridized carbons (Fsp3) is 0.192. The second-order valence-corrected chi connectivity index (χ2v) is 9.19. The topological polar surface area (TPSA) is 81.5 Å². The number of hydrogen-bond donors (Lipinski definition) is 1. The van der Waals surface area contributed by atoms with Gasteiger partial charge in [-0.25, -0.2) is 13.8 Å². The number of carboxylic acids is 1. The van der Waals surface area contributed by atoms with E-state index < -0.39 is 17.6 Å². The molecule has 178 valence electrons. The second kappa shape index (κ2) is 9.87. The van der Waals surface area contributed by atoms with Gasteiger partial charge in [0.2, 0.25) is 0 Å². The number of carbonyl (C=O) groups is 1. The molecule has 9 heteroatoms. The summed E-state index contributed by atoms with van der Waals surface area (Å²) in [7, 11) is 0. The molecule has 0 aliphatic carbocycles. The lowest BCUT2D eigenvalue weighted by atomic mass is 10.0. The van der Waals surface area contributed by atoms with Crippen LogP contribution in [0.3, 0.4) is 0 Å². The van der Waals surface area contributed by atoms with Crippen molar-refractivity contribution in [3.8, 4) is 11.5 Å². The average molecular weight is 495 g/mol. The normalized spacial score (nSPS) is 14.5. The van der Waals surface area contributed by atoms with Gasteiger partial charge < -0.3 is 14.6 Å². The number of ether oxygens (including phenoxy) is 2. The van der Waals surface area contributed by atoms with Gasteiger partial charge in [0.1, 0.15) is 24.7 Å². The summed E-state index contributed by atoms with van der Waals surface area (Å²) in [4.78, 5) is 20.0. The van der Waals surface area contributed by atoms with E-state index in [0.29, 0.717) is 40.5 Å². The summed E-state index contributed by atoms with van der Waals surface area (Å²) >= 11 is 1.49. The van der Waals surface area contributed by atoms with Crippen LogP contribution in [-0.2, 0) is 18.0 Å². The summed E-state index contributed by atoms with van der Waals surface area (Å²) in [5.74, 6) is -1.05. The van der Waals surface area contributed by atoms with Crippen molar-refractivity contribution in [1.82, 2.24) is 9.97 Å². The second-order valence-electron chi connectivity index (χ2n) is 7.98. The molecule has 5 rings (SSSR count). The number of halogens is 2. The zero-order chi connectivity index (χ0) is 24.4. The van der Waals surface area contributed by atoms with Gasteiger partial charge in [-0.3, -0.25) is 9.78 Å². The molecule has 3 heterocycles. The highest BCUT2D eigenvalue weighted by Gasteiger charge is 2.27. The highest BCUT2D eigenvalue weighted by molar-refractivity contribution is 7.99. The third-order valence-corrected chi connectivity index (χ3v) is 6.85. The first-order chi connectivity index (χ1) is 17.0. The Morgan fingerprint density at radius 2 is 2.00 bits per heavy atom. The van der Waals surface area contributed by atoms with E-state index in [9.17, 15) is 13.6 Å². The number of carboxylic acid groups (broad SMARTS) is 1. The molecule has 1 N–H and O–H groups in total. The average Bonchev–Trinajstić information content (AvgIpc) is 3.00. The van der Waals surface area contributed by atoms with Crippen LogP contribution >= 0.6 is 11.8 Å². The van der Waals surface area contributed by atoms with Crippen molar-refractivity contribution in [1.29, 1.82) is 0 Å². The summed E-state index contributed by atoms with van der Waals surface area (Å²) in [5, 5.41) is 9.37. The molecule has 2 aromatic carbocycles. The molecule has 1 aliphatic heterocycles. The van der Waals surface area contributed by atoms with E-state index in [1.165, 1.54) is 11.8 Å². The Hall–Kier alpha value is -3.72. The molecular formula is C26H20F2N2O4S. The minimum atomic E-state index is -0.950. The molecule has 0 radical (unpaired) electrons. The van der Waals surface area contributed by atoms with Crippen LogP contribution in [0, 0.1) is 11.6 Å². The Labute approximate surface area is 203 Å². The predicted molar refractivity (Wildman–Crippen MR) is 128 cm³/mol. The molecule has 0 amide bonds. The highest BCUT2D eigenvalue weighted by Crippen LogP contribution is 2.44. The van der Waals surface area contributed by atoms with Crippen LogP contribution in [0.25, 0.3) is 10.9 Å². The van der Waals surface area contributed by atoms with Gasteiger partial charge in [-0.1, -0.05) is 12.1 Å². The third kappa shape index (κ3) is 5.05. The largest absolute Gasteiger partial charge is 0.488 e. The minimum absolute atomic E-state index is 0.0356. The maximum absolute atomic E-state index is 13.6. The Bertz CT molecular complexity index is 1420. The van der Waals surface area contributed by atoms with Crippen LogP contribution < -0.4 is 9.47 Å². The van der Waals surface area contributed by atoms with Crippen LogP contribution in [0.5, 0.6) is 11.5 Å². The SMILES string of the molecule is O=C(O)CCSC1c2cc(OCc3ccc4cc(F)c(F)cc4n3)ccc2OCc2cccnc21. The van der Waals surface area contributed by atoms with Crippen LogP contribution in [-0.4, -0.2) is 26.8 Å². The first-order valence-corrected chi connectivity index (χ1v) is 11.9. The van der Waals surface area contributed by atoms with E-state index >= 15 is 0 Å². The lowest BCUT2D eigenvalue weighted by molar-refractivity contribution is -0.136. The molecule has 6 nitrogen and oxygen atoms in total. The van der Waals surface area contributed by atoms with E-state index in [1.807, 2.05) is 24.3 Å². The fourth-order valence-corrected chi connectivity index (χ4v) is 5.16. The molecular weight excluding hydrogens is 474 g/mol. The van der Waals surface area contributed by atoms with Gasteiger partial charge in [0.05, 0.1) is 28.6 Å². The number of rotatable bonds is 7. The molecule has 2 aromatic heterocycles. The van der Waals surface area contributed by atoms with Gasteiger partial charge >= 0.3 is 5.97 Å². The van der Waals surface area contributed by atoms with Gasteiger partial charge in [0, 0.05) is 34.5 Å². The smallest absolute Gasteiger partial charge is 0.304 e. The third-order valence-electron chi connectivity index (χ3n) is 5.60. The number of aromatic nitrogens is 2. The van der Waals surface area contributed by atoms with Crippen molar-refractivity contribution in [2.75, 3.05) is 5.75 Å². The zero-order valence-corrected chi connectivity index (χ0v) is 19.2. The minimum Gasteiger partial charge on any atom is -0.488 e. The van der Waals surface area contributed by atoms with E-state index in [0.717, 1.165) is 29.0 Å². The number of fused-ring (bicyclic) bond motifs is 3. The molecule has 0 fully saturated rings. The fourth-order valence-electron chi connectivity index (χ4n) is 3.89. The Morgan fingerprint density at radius 3 is 2.86 bits per heavy atom. The van der Waals surface area contributed by atoms with Gasteiger partial charge in [0.15, 0.2) is 11.6 Å². The predicted octanol–water partition coefficient (Wildman–Crippen LogP) is 5.68. The van der Waals surface area contributed by atoms with Crippen molar-refractivity contribution in [3.63, 3.8) is 0 Å². The van der Waals surface area contributed by atoms with Crippen molar-refractivity contribution in [2.45, 2.75) is 24.9 Å². The van der Waals surface area contributed by atoms with E-state index in [1.54, 1.807) is 24.4 Å². The van der Waals surface area contributed by atoms with Crippen LogP contribution in [0.4, 0.5) is 8.78 Å². The molecule has 1 unspecified atom stereocenters. The van der Waals surface area contributed by atoms with Crippen molar-refractivity contribution in [3.05, 3.63) is 94.9 Å².